The van der Waals surface area contributed by atoms with Gasteiger partial charge in [-0.15, -0.1) is 0 Å². The first kappa shape index (κ1) is 13.8. The van der Waals surface area contributed by atoms with Crippen LogP contribution in [0, 0.1) is 0 Å². The fourth-order valence-corrected chi connectivity index (χ4v) is 2.15. The van der Waals surface area contributed by atoms with E-state index in [1.54, 1.807) is 18.2 Å². The maximum atomic E-state index is 11.8. The summed E-state index contributed by atoms with van der Waals surface area (Å²) >= 11 is 3.34. The average molecular weight is 320 g/mol. The number of nitrogens with one attached hydrogen (secondary N) is 1. The zero-order valence-corrected chi connectivity index (χ0v) is 11.8. The van der Waals surface area contributed by atoms with Crippen molar-refractivity contribution in [2.24, 2.45) is 0 Å². The van der Waals surface area contributed by atoms with Crippen LogP contribution in [0.2, 0.25) is 0 Å². The molecule has 0 aliphatic heterocycles. The van der Waals surface area contributed by atoms with E-state index in [1.807, 2.05) is 36.4 Å². The number of carbonyl (C=O) groups excluding carboxylic acids is 1. The molecule has 2 aromatic rings. The molecule has 0 saturated carbocycles. The van der Waals surface area contributed by atoms with Crippen LogP contribution in [-0.4, -0.2) is 11.0 Å². The van der Waals surface area contributed by atoms with Crippen LogP contribution in [0.3, 0.4) is 0 Å². The Morgan fingerprint density at radius 3 is 2.58 bits per heavy atom. The number of rotatable bonds is 4. The third kappa shape index (κ3) is 4.19. The van der Waals surface area contributed by atoms with E-state index in [0.29, 0.717) is 5.69 Å². The van der Waals surface area contributed by atoms with Crippen LogP contribution < -0.4 is 5.32 Å². The predicted octanol–water partition coefficient (Wildman–Crippen LogP) is 3.51. The van der Waals surface area contributed by atoms with Crippen molar-refractivity contribution >= 4 is 27.5 Å². The van der Waals surface area contributed by atoms with Crippen LogP contribution in [0.1, 0.15) is 18.1 Å². The van der Waals surface area contributed by atoms with Crippen LogP contribution in [0.25, 0.3) is 0 Å². The van der Waals surface area contributed by atoms with Gasteiger partial charge in [0.05, 0.1) is 12.5 Å². The number of amides is 1. The molecule has 0 bridgehead atoms. The summed E-state index contributed by atoms with van der Waals surface area (Å²) in [4.78, 5) is 11.8. The van der Waals surface area contributed by atoms with Crippen molar-refractivity contribution < 1.29 is 9.90 Å². The molecule has 1 unspecified atom stereocenters. The van der Waals surface area contributed by atoms with Gasteiger partial charge in [-0.2, -0.15) is 0 Å². The van der Waals surface area contributed by atoms with Gasteiger partial charge in [-0.05, 0) is 23.8 Å². The van der Waals surface area contributed by atoms with Gasteiger partial charge in [-0.1, -0.05) is 52.3 Å². The summed E-state index contributed by atoms with van der Waals surface area (Å²) in [5.74, 6) is -0.213. The molecular weight excluding hydrogens is 306 g/mol. The standard InChI is InChI=1S/C15H14BrNO2/c16-12-7-4-8-13(9-12)17-15(19)10-14(18)11-5-2-1-3-6-11/h1-9,14,18H,10H2,(H,17,19). The first-order chi connectivity index (χ1) is 9.15. The van der Waals surface area contributed by atoms with E-state index in [2.05, 4.69) is 21.2 Å². The van der Waals surface area contributed by atoms with Gasteiger partial charge in [0.15, 0.2) is 0 Å². The van der Waals surface area contributed by atoms with E-state index in [4.69, 9.17) is 0 Å². The highest BCUT2D eigenvalue weighted by Gasteiger charge is 2.12. The van der Waals surface area contributed by atoms with E-state index in [-0.39, 0.29) is 12.3 Å². The average Bonchev–Trinajstić information content (AvgIpc) is 2.39. The second-order valence-electron chi connectivity index (χ2n) is 4.19. The second-order valence-corrected chi connectivity index (χ2v) is 5.10. The van der Waals surface area contributed by atoms with Crippen molar-refractivity contribution in [2.45, 2.75) is 12.5 Å². The van der Waals surface area contributed by atoms with E-state index in [0.717, 1.165) is 10.0 Å². The van der Waals surface area contributed by atoms with Crippen LogP contribution in [0.15, 0.2) is 59.1 Å². The van der Waals surface area contributed by atoms with Crippen LogP contribution in [-0.2, 0) is 4.79 Å². The van der Waals surface area contributed by atoms with Gasteiger partial charge in [0.2, 0.25) is 5.91 Å². The van der Waals surface area contributed by atoms with Gasteiger partial charge in [-0.3, -0.25) is 4.79 Å². The van der Waals surface area contributed by atoms with Crippen LogP contribution in [0.4, 0.5) is 5.69 Å². The lowest BCUT2D eigenvalue weighted by Crippen LogP contribution is -2.15. The number of hydrogen-bond donors (Lipinski definition) is 2. The summed E-state index contributed by atoms with van der Waals surface area (Å²) in [7, 11) is 0. The normalized spacial score (nSPS) is 11.9. The summed E-state index contributed by atoms with van der Waals surface area (Å²) in [5, 5.41) is 12.7. The monoisotopic (exact) mass is 319 g/mol. The highest BCUT2D eigenvalue weighted by atomic mass is 79.9. The Morgan fingerprint density at radius 2 is 1.89 bits per heavy atom. The molecule has 3 nitrogen and oxygen atoms in total. The molecule has 19 heavy (non-hydrogen) atoms. The van der Waals surface area contributed by atoms with Crippen molar-refractivity contribution in [2.75, 3.05) is 5.32 Å². The zero-order chi connectivity index (χ0) is 13.7. The molecule has 2 rings (SSSR count). The number of aliphatic hydroxyl groups is 1. The summed E-state index contributed by atoms with van der Waals surface area (Å²) in [6.45, 7) is 0. The number of benzene rings is 2. The number of hydrogen-bond acceptors (Lipinski definition) is 2. The molecule has 0 fully saturated rings. The highest BCUT2D eigenvalue weighted by molar-refractivity contribution is 9.10. The molecule has 0 aromatic heterocycles. The summed E-state index contributed by atoms with van der Waals surface area (Å²) in [5.41, 5.74) is 1.45. The van der Waals surface area contributed by atoms with E-state index >= 15 is 0 Å². The van der Waals surface area contributed by atoms with Crippen molar-refractivity contribution in [3.8, 4) is 0 Å². The molecular formula is C15H14BrNO2. The minimum atomic E-state index is -0.784. The zero-order valence-electron chi connectivity index (χ0n) is 10.2. The van der Waals surface area contributed by atoms with Gasteiger partial charge in [0.25, 0.3) is 0 Å². The minimum absolute atomic E-state index is 0.0382. The number of carbonyl (C=O) groups is 1. The summed E-state index contributed by atoms with van der Waals surface area (Å²) in [6.07, 6.45) is -0.746. The molecule has 1 atom stereocenters. The van der Waals surface area contributed by atoms with Gasteiger partial charge >= 0.3 is 0 Å². The molecule has 2 aromatic carbocycles. The highest BCUT2D eigenvalue weighted by Crippen LogP contribution is 2.19. The Balaban J connectivity index is 1.95. The lowest BCUT2D eigenvalue weighted by atomic mass is 10.1. The van der Waals surface area contributed by atoms with Crippen LogP contribution in [0.5, 0.6) is 0 Å². The maximum absolute atomic E-state index is 11.8. The van der Waals surface area contributed by atoms with Crippen molar-refractivity contribution in [1.29, 1.82) is 0 Å². The number of halogens is 1. The van der Waals surface area contributed by atoms with Crippen molar-refractivity contribution in [3.05, 3.63) is 64.6 Å². The van der Waals surface area contributed by atoms with Gasteiger partial charge < -0.3 is 10.4 Å². The predicted molar refractivity (Wildman–Crippen MR) is 78.8 cm³/mol. The fourth-order valence-electron chi connectivity index (χ4n) is 1.75. The first-order valence-electron chi connectivity index (χ1n) is 5.93. The SMILES string of the molecule is O=C(CC(O)c1ccccc1)Nc1cccc(Br)c1. The van der Waals surface area contributed by atoms with Gasteiger partial charge in [-0.25, -0.2) is 0 Å². The molecule has 98 valence electrons. The van der Waals surface area contributed by atoms with Gasteiger partial charge in [0.1, 0.15) is 0 Å². The Labute approximate surface area is 120 Å². The molecule has 0 aliphatic carbocycles. The van der Waals surface area contributed by atoms with E-state index in [9.17, 15) is 9.90 Å². The molecule has 2 N–H and O–H groups in total. The minimum Gasteiger partial charge on any atom is -0.388 e. The lowest BCUT2D eigenvalue weighted by Gasteiger charge is -2.11. The molecule has 0 spiro atoms. The fraction of sp³-hybridized carbons (Fsp3) is 0.133. The third-order valence-electron chi connectivity index (χ3n) is 2.67. The van der Waals surface area contributed by atoms with Crippen LogP contribution >= 0.6 is 15.9 Å². The van der Waals surface area contributed by atoms with Gasteiger partial charge in [0, 0.05) is 10.2 Å². The van der Waals surface area contributed by atoms with E-state index in [1.165, 1.54) is 0 Å². The van der Waals surface area contributed by atoms with E-state index < -0.39 is 6.10 Å². The maximum Gasteiger partial charge on any atom is 0.227 e. The Kier molecular flexibility index (Phi) is 4.71. The molecule has 0 saturated heterocycles. The quantitative estimate of drug-likeness (QED) is 0.906. The topological polar surface area (TPSA) is 49.3 Å². The molecule has 0 heterocycles. The lowest BCUT2D eigenvalue weighted by molar-refractivity contribution is -0.118. The van der Waals surface area contributed by atoms with Crippen molar-refractivity contribution in [1.82, 2.24) is 0 Å². The second kappa shape index (κ2) is 6.50. The Morgan fingerprint density at radius 1 is 1.16 bits per heavy atom. The molecule has 4 heteroatoms. The molecule has 1 amide bonds. The molecule has 0 radical (unpaired) electrons. The molecule has 0 aliphatic rings. The number of anilines is 1. The summed E-state index contributed by atoms with van der Waals surface area (Å²) in [6, 6.07) is 16.5. The number of aliphatic hydroxyl groups excluding tert-OH is 1. The van der Waals surface area contributed by atoms with Crippen molar-refractivity contribution in [3.63, 3.8) is 0 Å². The Bertz CT molecular complexity index is 557. The first-order valence-corrected chi connectivity index (χ1v) is 6.73. The Hall–Kier alpha value is -1.65. The third-order valence-corrected chi connectivity index (χ3v) is 3.16. The largest absolute Gasteiger partial charge is 0.388 e. The summed E-state index contributed by atoms with van der Waals surface area (Å²) < 4.78 is 0.897. The smallest absolute Gasteiger partial charge is 0.227 e.